The Morgan fingerprint density at radius 3 is 2.35 bits per heavy atom. The molecule has 0 radical (unpaired) electrons. The van der Waals surface area contributed by atoms with Gasteiger partial charge in [-0.2, -0.15) is 11.8 Å². The molecule has 2 aromatic carbocycles. The van der Waals surface area contributed by atoms with E-state index in [1.54, 1.807) is 7.11 Å². The quantitative estimate of drug-likeness (QED) is 0.867. The Bertz CT molecular complexity index is 557. The van der Waals surface area contributed by atoms with Crippen molar-refractivity contribution in [3.05, 3.63) is 64.2 Å². The Kier molecular flexibility index (Phi) is 5.77. The number of methoxy groups -OCH3 is 1. The number of thioether (sulfide) groups is 1. The first-order valence-corrected chi connectivity index (χ1v) is 7.94. The molecule has 0 unspecified atom stereocenters. The summed E-state index contributed by atoms with van der Waals surface area (Å²) >= 11 is 7.75. The second-order valence-corrected chi connectivity index (χ2v) is 5.89. The highest BCUT2D eigenvalue weighted by Gasteiger charge is 2.03. The molecule has 0 aromatic heterocycles. The predicted octanol–water partition coefficient (Wildman–Crippen LogP) is 4.24. The smallest absolute Gasteiger partial charge is 0.123 e. The van der Waals surface area contributed by atoms with Crippen LogP contribution in [0.3, 0.4) is 0 Å². The van der Waals surface area contributed by atoms with Gasteiger partial charge < -0.3 is 10.5 Å². The number of rotatable bonds is 6. The fourth-order valence-electron chi connectivity index (χ4n) is 1.95. The van der Waals surface area contributed by atoms with Crippen molar-refractivity contribution < 1.29 is 4.74 Å². The average molecular weight is 308 g/mol. The monoisotopic (exact) mass is 307 g/mol. The first-order valence-electron chi connectivity index (χ1n) is 6.41. The molecule has 0 aliphatic rings. The summed E-state index contributed by atoms with van der Waals surface area (Å²) in [5, 5.41) is 0.779. The highest BCUT2D eigenvalue weighted by atomic mass is 35.5. The molecule has 0 bridgehead atoms. The zero-order valence-electron chi connectivity index (χ0n) is 11.4. The summed E-state index contributed by atoms with van der Waals surface area (Å²) in [6.07, 6.45) is 0. The molecule has 0 fully saturated rings. The highest BCUT2D eigenvalue weighted by Crippen LogP contribution is 2.24. The van der Waals surface area contributed by atoms with Gasteiger partial charge in [0.25, 0.3) is 0 Å². The number of ether oxygens (including phenoxy) is 1. The van der Waals surface area contributed by atoms with Gasteiger partial charge in [0.05, 0.1) is 7.11 Å². The van der Waals surface area contributed by atoms with Crippen molar-refractivity contribution in [1.82, 2.24) is 0 Å². The molecular weight excluding hydrogens is 290 g/mol. The van der Waals surface area contributed by atoms with Crippen molar-refractivity contribution in [1.29, 1.82) is 0 Å². The molecule has 0 heterocycles. The molecule has 0 spiro atoms. The van der Waals surface area contributed by atoms with Crippen LogP contribution >= 0.6 is 23.4 Å². The Morgan fingerprint density at radius 2 is 1.70 bits per heavy atom. The zero-order chi connectivity index (χ0) is 14.4. The number of benzene rings is 2. The minimum Gasteiger partial charge on any atom is -0.496 e. The van der Waals surface area contributed by atoms with Crippen LogP contribution < -0.4 is 10.5 Å². The van der Waals surface area contributed by atoms with Crippen LogP contribution in [-0.4, -0.2) is 7.11 Å². The van der Waals surface area contributed by atoms with E-state index in [-0.39, 0.29) is 0 Å². The first kappa shape index (κ1) is 15.2. The molecule has 4 heteroatoms. The number of nitrogens with two attached hydrogens (primary N) is 1. The van der Waals surface area contributed by atoms with Gasteiger partial charge in [-0.25, -0.2) is 0 Å². The summed E-state index contributed by atoms with van der Waals surface area (Å²) < 4.78 is 5.28. The number of hydrogen-bond acceptors (Lipinski definition) is 3. The predicted molar refractivity (Wildman–Crippen MR) is 87.3 cm³/mol. The number of halogens is 1. The van der Waals surface area contributed by atoms with Crippen LogP contribution in [0.5, 0.6) is 5.75 Å². The molecule has 2 rings (SSSR count). The summed E-state index contributed by atoms with van der Waals surface area (Å²) in [6.45, 7) is 0.499. The lowest BCUT2D eigenvalue weighted by Crippen LogP contribution is -2.00. The minimum absolute atomic E-state index is 0.499. The first-order chi connectivity index (χ1) is 9.72. The minimum atomic E-state index is 0.499. The molecule has 0 aliphatic heterocycles. The molecular formula is C16H18ClNOS. The summed E-state index contributed by atoms with van der Waals surface area (Å²) in [7, 11) is 1.67. The van der Waals surface area contributed by atoms with Crippen LogP contribution in [0.4, 0.5) is 0 Å². The van der Waals surface area contributed by atoms with Gasteiger partial charge in [-0.15, -0.1) is 0 Å². The lowest BCUT2D eigenvalue weighted by Gasteiger charge is -2.09. The van der Waals surface area contributed by atoms with Crippen LogP contribution in [0.25, 0.3) is 0 Å². The van der Waals surface area contributed by atoms with Crippen molar-refractivity contribution in [2.75, 3.05) is 7.11 Å². The van der Waals surface area contributed by atoms with Crippen molar-refractivity contribution in [3.63, 3.8) is 0 Å². The van der Waals surface area contributed by atoms with Gasteiger partial charge in [0, 0.05) is 28.6 Å². The second-order valence-electron chi connectivity index (χ2n) is 4.47. The van der Waals surface area contributed by atoms with E-state index in [1.165, 1.54) is 11.1 Å². The third-order valence-electron chi connectivity index (χ3n) is 3.02. The molecule has 0 saturated carbocycles. The second kappa shape index (κ2) is 7.58. The molecule has 20 heavy (non-hydrogen) atoms. The lowest BCUT2D eigenvalue weighted by atomic mass is 10.1. The highest BCUT2D eigenvalue weighted by molar-refractivity contribution is 7.97. The van der Waals surface area contributed by atoms with Gasteiger partial charge in [0.2, 0.25) is 0 Å². The normalized spacial score (nSPS) is 10.6. The van der Waals surface area contributed by atoms with Crippen LogP contribution in [0, 0.1) is 0 Å². The molecule has 2 nitrogen and oxygen atoms in total. The topological polar surface area (TPSA) is 35.2 Å². The summed E-state index contributed by atoms with van der Waals surface area (Å²) in [5.74, 6) is 2.79. The Labute approximate surface area is 129 Å². The molecule has 0 aliphatic carbocycles. The summed E-state index contributed by atoms with van der Waals surface area (Å²) in [6, 6.07) is 14.2. The van der Waals surface area contributed by atoms with Gasteiger partial charge in [-0.3, -0.25) is 0 Å². The Balaban J connectivity index is 1.92. The maximum atomic E-state index is 5.87. The largest absolute Gasteiger partial charge is 0.496 e. The molecule has 106 valence electrons. The van der Waals surface area contributed by atoms with Crippen molar-refractivity contribution in [3.8, 4) is 5.75 Å². The van der Waals surface area contributed by atoms with E-state index in [0.29, 0.717) is 6.54 Å². The van der Waals surface area contributed by atoms with E-state index in [4.69, 9.17) is 22.1 Å². The van der Waals surface area contributed by atoms with Crippen LogP contribution in [0.2, 0.25) is 5.02 Å². The van der Waals surface area contributed by atoms with Crippen molar-refractivity contribution in [2.24, 2.45) is 5.73 Å². The fraction of sp³-hybridized carbons (Fsp3) is 0.250. The lowest BCUT2D eigenvalue weighted by molar-refractivity contribution is 0.409. The van der Waals surface area contributed by atoms with Crippen LogP contribution in [0.15, 0.2) is 42.5 Å². The third-order valence-corrected chi connectivity index (χ3v) is 4.34. The third kappa shape index (κ3) is 4.17. The molecule has 0 amide bonds. The summed E-state index contributed by atoms with van der Waals surface area (Å²) in [5.41, 5.74) is 9.34. The molecule has 0 saturated heterocycles. The Morgan fingerprint density at radius 1 is 1.05 bits per heavy atom. The zero-order valence-corrected chi connectivity index (χ0v) is 13.0. The molecule has 2 N–H and O–H groups in total. The number of hydrogen-bond donors (Lipinski definition) is 1. The van der Waals surface area contributed by atoms with Crippen molar-refractivity contribution >= 4 is 23.4 Å². The van der Waals surface area contributed by atoms with Crippen LogP contribution in [-0.2, 0) is 18.1 Å². The van der Waals surface area contributed by atoms with Gasteiger partial charge >= 0.3 is 0 Å². The van der Waals surface area contributed by atoms with E-state index >= 15 is 0 Å². The molecule has 0 atom stereocenters. The summed E-state index contributed by atoms with van der Waals surface area (Å²) in [4.78, 5) is 0. The SMILES string of the molecule is COc1ccc(CSCc2ccc(Cl)cc2)cc1CN. The van der Waals surface area contributed by atoms with Gasteiger partial charge in [-0.1, -0.05) is 29.8 Å². The average Bonchev–Trinajstić information content (AvgIpc) is 2.49. The van der Waals surface area contributed by atoms with Crippen molar-refractivity contribution in [2.45, 2.75) is 18.1 Å². The standard InChI is InChI=1S/C16H18ClNOS/c1-19-16-7-4-13(8-14(16)9-18)11-20-10-12-2-5-15(17)6-3-12/h2-8H,9-11,18H2,1H3. The van der Waals surface area contributed by atoms with E-state index in [1.807, 2.05) is 30.0 Å². The fourth-order valence-corrected chi connectivity index (χ4v) is 3.02. The van der Waals surface area contributed by atoms with E-state index < -0.39 is 0 Å². The van der Waals surface area contributed by atoms with E-state index in [9.17, 15) is 0 Å². The maximum absolute atomic E-state index is 5.87. The van der Waals surface area contributed by atoms with E-state index in [2.05, 4.69) is 24.3 Å². The van der Waals surface area contributed by atoms with Crippen LogP contribution in [0.1, 0.15) is 16.7 Å². The van der Waals surface area contributed by atoms with Gasteiger partial charge in [0.15, 0.2) is 0 Å². The Hall–Kier alpha value is -1.16. The van der Waals surface area contributed by atoms with E-state index in [0.717, 1.165) is 27.8 Å². The maximum Gasteiger partial charge on any atom is 0.123 e. The molecule has 2 aromatic rings. The van der Waals surface area contributed by atoms with Gasteiger partial charge in [-0.05, 0) is 35.4 Å². The van der Waals surface area contributed by atoms with Gasteiger partial charge in [0.1, 0.15) is 5.75 Å².